The van der Waals surface area contributed by atoms with Crippen molar-refractivity contribution < 1.29 is 5.48 Å². The van der Waals surface area contributed by atoms with E-state index in [-0.39, 0.29) is 5.48 Å². The topological polar surface area (TPSA) is 31.5 Å². The third-order valence-corrected chi connectivity index (χ3v) is 3.64. The molecule has 0 unspecified atom stereocenters. The summed E-state index contributed by atoms with van der Waals surface area (Å²) in [6, 6.07) is 17.6. The Kier molecular flexibility index (Phi) is 4.67. The lowest BCUT2D eigenvalue weighted by atomic mass is 10.2. The summed E-state index contributed by atoms with van der Waals surface area (Å²) in [4.78, 5) is 0. The minimum atomic E-state index is 0. The Labute approximate surface area is 98.6 Å². The lowest BCUT2D eigenvalue weighted by molar-refractivity contribution is 0.824. The van der Waals surface area contributed by atoms with Gasteiger partial charge in [0.2, 0.25) is 0 Å². The summed E-state index contributed by atoms with van der Waals surface area (Å²) in [5.41, 5.74) is 2.65. The molecule has 0 bridgehead atoms. The second kappa shape index (κ2) is 5.79. The smallest absolute Gasteiger partial charge is 0.0226 e. The molecule has 0 amide bonds. The summed E-state index contributed by atoms with van der Waals surface area (Å²) in [6.45, 7) is 4.25. The zero-order valence-corrected chi connectivity index (χ0v) is 10.6. The molecule has 0 aliphatic carbocycles. The van der Waals surface area contributed by atoms with Gasteiger partial charge in [-0.2, -0.15) is 0 Å². The summed E-state index contributed by atoms with van der Waals surface area (Å²) in [6.07, 6.45) is 0. The van der Waals surface area contributed by atoms with Crippen LogP contribution in [-0.2, 0) is 0 Å². The maximum Gasteiger partial charge on any atom is -0.0226 e. The van der Waals surface area contributed by atoms with E-state index in [1.807, 2.05) is 0 Å². The summed E-state index contributed by atoms with van der Waals surface area (Å²) >= 11 is 0. The molecule has 0 saturated carbocycles. The Morgan fingerprint density at radius 3 is 1.25 bits per heavy atom. The van der Waals surface area contributed by atoms with Gasteiger partial charge in [-0.3, -0.25) is 0 Å². The van der Waals surface area contributed by atoms with Crippen molar-refractivity contribution in [2.24, 2.45) is 0 Å². The van der Waals surface area contributed by atoms with Crippen molar-refractivity contribution in [2.75, 3.05) is 0 Å². The first kappa shape index (κ1) is 12.9. The average molecular weight is 232 g/mol. The van der Waals surface area contributed by atoms with Crippen molar-refractivity contribution in [1.82, 2.24) is 0 Å². The monoisotopic (exact) mass is 232 g/mol. The predicted molar refractivity (Wildman–Crippen MR) is 73.6 cm³/mol. The number of rotatable bonds is 2. The maximum absolute atomic E-state index is 2.22. The molecule has 0 saturated heterocycles. The molecule has 0 aromatic heterocycles. The molecule has 2 aromatic carbocycles. The van der Waals surface area contributed by atoms with Crippen molar-refractivity contribution in [2.45, 2.75) is 13.8 Å². The van der Waals surface area contributed by atoms with Gasteiger partial charge < -0.3 is 5.48 Å². The minimum Gasteiger partial charge on any atom is -0.412 e. The van der Waals surface area contributed by atoms with Gasteiger partial charge in [0.15, 0.2) is 0 Å². The standard InChI is InChI=1S/C14H15P.H2O/c1-11-3-7-13(8-4-11)15-14-9-5-12(2)6-10-14;/h3-10,15H,1-2H3;1H2. The quantitative estimate of drug-likeness (QED) is 0.710. The highest BCUT2D eigenvalue weighted by Gasteiger charge is 1.95. The Bertz CT molecular complexity index is 388. The number of hydrogen-bond acceptors (Lipinski definition) is 0. The van der Waals surface area contributed by atoms with E-state index in [9.17, 15) is 0 Å². The first-order valence-corrected chi connectivity index (χ1v) is 6.14. The summed E-state index contributed by atoms with van der Waals surface area (Å²) in [5, 5.41) is 2.81. The highest BCUT2D eigenvalue weighted by molar-refractivity contribution is 7.55. The lowest BCUT2D eigenvalue weighted by Gasteiger charge is -2.03. The zero-order valence-electron chi connectivity index (χ0n) is 9.62. The van der Waals surface area contributed by atoms with Crippen LogP contribution in [0.1, 0.15) is 11.1 Å². The van der Waals surface area contributed by atoms with Gasteiger partial charge in [0, 0.05) is 0 Å². The predicted octanol–water partition coefficient (Wildman–Crippen LogP) is 2.11. The van der Waals surface area contributed by atoms with Crippen molar-refractivity contribution in [3.8, 4) is 0 Å². The van der Waals surface area contributed by atoms with Crippen LogP contribution in [0.4, 0.5) is 0 Å². The highest BCUT2D eigenvalue weighted by Crippen LogP contribution is 2.11. The second-order valence-electron chi connectivity index (χ2n) is 3.86. The van der Waals surface area contributed by atoms with Gasteiger partial charge in [-0.05, 0) is 24.5 Å². The fraction of sp³-hybridized carbons (Fsp3) is 0.143. The zero-order chi connectivity index (χ0) is 10.7. The van der Waals surface area contributed by atoms with Crippen molar-refractivity contribution in [1.29, 1.82) is 0 Å². The average Bonchev–Trinajstić information content (AvgIpc) is 2.25. The third-order valence-electron chi connectivity index (χ3n) is 2.39. The molecule has 0 fully saturated rings. The van der Waals surface area contributed by atoms with Crippen LogP contribution >= 0.6 is 8.58 Å². The number of aryl methyl sites for hydroxylation is 2. The maximum atomic E-state index is 2.22. The summed E-state index contributed by atoms with van der Waals surface area (Å²) < 4.78 is 0. The van der Waals surface area contributed by atoms with E-state index in [4.69, 9.17) is 0 Å². The Hall–Kier alpha value is -1.17. The number of benzene rings is 2. The van der Waals surface area contributed by atoms with Crippen LogP contribution in [0.2, 0.25) is 0 Å². The van der Waals surface area contributed by atoms with E-state index in [2.05, 4.69) is 62.4 Å². The van der Waals surface area contributed by atoms with E-state index in [1.54, 1.807) is 0 Å². The molecule has 2 aromatic rings. The van der Waals surface area contributed by atoms with Crippen LogP contribution in [0.25, 0.3) is 0 Å². The summed E-state index contributed by atoms with van der Waals surface area (Å²) in [5.74, 6) is 0. The van der Waals surface area contributed by atoms with Crippen LogP contribution in [-0.4, -0.2) is 5.48 Å². The number of hydrogen-bond donors (Lipinski definition) is 0. The van der Waals surface area contributed by atoms with Crippen molar-refractivity contribution in [3.05, 3.63) is 59.7 Å². The van der Waals surface area contributed by atoms with Crippen LogP contribution in [0.15, 0.2) is 48.5 Å². The van der Waals surface area contributed by atoms with Crippen molar-refractivity contribution in [3.63, 3.8) is 0 Å². The lowest BCUT2D eigenvalue weighted by Crippen LogP contribution is -2.02. The highest BCUT2D eigenvalue weighted by atomic mass is 31.1. The first-order chi connectivity index (χ1) is 7.24. The Balaban J connectivity index is 0.00000128. The molecule has 0 radical (unpaired) electrons. The molecule has 0 aliphatic heterocycles. The van der Waals surface area contributed by atoms with E-state index in [0.29, 0.717) is 0 Å². The van der Waals surface area contributed by atoms with E-state index >= 15 is 0 Å². The van der Waals surface area contributed by atoms with Gasteiger partial charge >= 0.3 is 0 Å². The molecule has 0 aliphatic rings. The van der Waals surface area contributed by atoms with Crippen LogP contribution in [0.5, 0.6) is 0 Å². The van der Waals surface area contributed by atoms with Crippen LogP contribution in [0.3, 0.4) is 0 Å². The van der Waals surface area contributed by atoms with E-state index < -0.39 is 0 Å². The Morgan fingerprint density at radius 2 is 0.938 bits per heavy atom. The largest absolute Gasteiger partial charge is 0.412 e. The SMILES string of the molecule is Cc1ccc(Pc2ccc(C)cc2)cc1.O. The van der Waals surface area contributed by atoms with Crippen molar-refractivity contribution >= 4 is 19.2 Å². The van der Waals surface area contributed by atoms with Gasteiger partial charge in [-0.1, -0.05) is 68.2 Å². The molecule has 2 rings (SSSR count). The van der Waals surface area contributed by atoms with Gasteiger partial charge in [0.1, 0.15) is 0 Å². The second-order valence-corrected chi connectivity index (χ2v) is 5.26. The first-order valence-electron chi connectivity index (χ1n) is 5.14. The van der Waals surface area contributed by atoms with Gasteiger partial charge in [0.05, 0.1) is 0 Å². The van der Waals surface area contributed by atoms with E-state index in [0.717, 1.165) is 8.58 Å². The fourth-order valence-electron chi connectivity index (χ4n) is 1.44. The molecule has 1 nitrogen and oxygen atoms in total. The molecule has 0 atom stereocenters. The van der Waals surface area contributed by atoms with Gasteiger partial charge in [-0.15, -0.1) is 0 Å². The molecule has 16 heavy (non-hydrogen) atoms. The molecule has 0 spiro atoms. The fourth-order valence-corrected chi connectivity index (χ4v) is 2.44. The molecule has 84 valence electrons. The minimum absolute atomic E-state index is 0. The molecule has 2 N–H and O–H groups in total. The third kappa shape index (κ3) is 3.44. The molecule has 2 heteroatoms. The molecular weight excluding hydrogens is 215 g/mol. The molecule has 0 heterocycles. The molecular formula is C14H17OP. The summed E-state index contributed by atoms with van der Waals surface area (Å²) in [7, 11) is 0.769. The van der Waals surface area contributed by atoms with E-state index in [1.165, 1.54) is 21.7 Å². The van der Waals surface area contributed by atoms with Gasteiger partial charge in [-0.25, -0.2) is 0 Å². The normalized spacial score (nSPS) is 9.62. The van der Waals surface area contributed by atoms with Gasteiger partial charge in [0.25, 0.3) is 0 Å². The van der Waals surface area contributed by atoms with Crippen LogP contribution in [0, 0.1) is 13.8 Å². The van der Waals surface area contributed by atoms with Crippen LogP contribution < -0.4 is 10.6 Å². The Morgan fingerprint density at radius 1 is 0.625 bits per heavy atom.